The summed E-state index contributed by atoms with van der Waals surface area (Å²) in [5.74, 6) is 0.561. The highest BCUT2D eigenvalue weighted by molar-refractivity contribution is 5.89. The van der Waals surface area contributed by atoms with Gasteiger partial charge in [0.2, 0.25) is 11.8 Å². The van der Waals surface area contributed by atoms with E-state index in [9.17, 15) is 9.59 Å². The smallest absolute Gasteiger partial charge is 0.227 e. The maximum absolute atomic E-state index is 12.8. The van der Waals surface area contributed by atoms with Crippen LogP contribution in [0.1, 0.15) is 34.1 Å². The van der Waals surface area contributed by atoms with Crippen LogP contribution in [-0.4, -0.2) is 47.8 Å². The topological polar surface area (TPSA) is 40.6 Å². The largest absolute Gasteiger partial charge is 0.343 e. The van der Waals surface area contributed by atoms with Gasteiger partial charge in [-0.05, 0) is 46.0 Å². The van der Waals surface area contributed by atoms with Crippen LogP contribution in [0.25, 0.3) is 0 Å². The van der Waals surface area contributed by atoms with Gasteiger partial charge >= 0.3 is 0 Å². The lowest BCUT2D eigenvalue weighted by Gasteiger charge is -2.33. The van der Waals surface area contributed by atoms with Crippen molar-refractivity contribution in [2.45, 2.75) is 34.1 Å². The summed E-state index contributed by atoms with van der Waals surface area (Å²) >= 11 is 0. The Morgan fingerprint density at radius 2 is 1.14 bits per heavy atom. The maximum Gasteiger partial charge on any atom is 0.227 e. The second-order valence-corrected chi connectivity index (χ2v) is 6.02. The molecule has 0 spiro atoms. The average Bonchev–Trinajstić information content (AvgIpc) is 3.10. The molecule has 118 valence electrons. The van der Waals surface area contributed by atoms with E-state index in [1.165, 1.54) is 0 Å². The number of fused-ring (bicyclic) bond motifs is 2. The third-order valence-corrected chi connectivity index (χ3v) is 5.18. The van der Waals surface area contributed by atoms with Gasteiger partial charge in [0.25, 0.3) is 0 Å². The molecular formula is C17H28N2O2. The molecule has 0 aromatic carbocycles. The predicted octanol–water partition coefficient (Wildman–Crippen LogP) is 2.16. The fourth-order valence-electron chi connectivity index (χ4n) is 3.99. The first-order chi connectivity index (χ1) is 10.1. The predicted molar refractivity (Wildman–Crippen MR) is 83.6 cm³/mol. The van der Waals surface area contributed by atoms with Gasteiger partial charge in [-0.2, -0.15) is 0 Å². The molecule has 2 aliphatic carbocycles. The first-order valence-corrected chi connectivity index (χ1v) is 8.34. The van der Waals surface area contributed by atoms with Crippen molar-refractivity contribution in [1.82, 2.24) is 9.80 Å². The number of nitrogens with zero attached hydrogens (tertiary/aromatic N) is 2. The summed E-state index contributed by atoms with van der Waals surface area (Å²) in [6, 6.07) is 0. The lowest BCUT2D eigenvalue weighted by Crippen LogP contribution is -2.47. The summed E-state index contributed by atoms with van der Waals surface area (Å²) in [7, 11) is 0. The van der Waals surface area contributed by atoms with E-state index >= 15 is 0 Å². The fourth-order valence-corrected chi connectivity index (χ4v) is 3.99. The Morgan fingerprint density at radius 3 is 1.43 bits per heavy atom. The highest BCUT2D eigenvalue weighted by atomic mass is 16.2. The molecule has 2 aliphatic rings. The van der Waals surface area contributed by atoms with E-state index in [0.29, 0.717) is 0 Å². The van der Waals surface area contributed by atoms with Crippen LogP contribution in [0.3, 0.4) is 0 Å². The second kappa shape index (κ2) is 6.63. The van der Waals surface area contributed by atoms with Crippen LogP contribution in [0, 0.1) is 23.7 Å². The van der Waals surface area contributed by atoms with Crippen LogP contribution >= 0.6 is 0 Å². The first kappa shape index (κ1) is 16.1. The number of hydrogen-bond donors (Lipinski definition) is 0. The van der Waals surface area contributed by atoms with Gasteiger partial charge in [-0.3, -0.25) is 9.59 Å². The molecule has 0 radical (unpaired) electrons. The number of carbonyl (C=O) groups excluding carboxylic acids is 2. The minimum atomic E-state index is -0.145. The van der Waals surface area contributed by atoms with E-state index in [4.69, 9.17) is 0 Å². The van der Waals surface area contributed by atoms with E-state index < -0.39 is 0 Å². The van der Waals surface area contributed by atoms with Crippen LogP contribution in [0.2, 0.25) is 0 Å². The molecule has 1 saturated carbocycles. The van der Waals surface area contributed by atoms with E-state index in [1.807, 2.05) is 37.5 Å². The van der Waals surface area contributed by atoms with Gasteiger partial charge < -0.3 is 9.80 Å². The molecule has 0 N–H and O–H groups in total. The molecule has 0 heterocycles. The Morgan fingerprint density at radius 1 is 0.810 bits per heavy atom. The third-order valence-electron chi connectivity index (χ3n) is 5.18. The van der Waals surface area contributed by atoms with Crippen LogP contribution in [0.15, 0.2) is 12.2 Å². The van der Waals surface area contributed by atoms with E-state index in [1.54, 1.807) is 0 Å². The van der Waals surface area contributed by atoms with Crippen molar-refractivity contribution in [2.24, 2.45) is 23.7 Å². The van der Waals surface area contributed by atoms with Gasteiger partial charge in [0.1, 0.15) is 0 Å². The number of rotatable bonds is 6. The molecule has 2 bridgehead atoms. The Balaban J connectivity index is 2.24. The zero-order valence-electron chi connectivity index (χ0n) is 13.7. The van der Waals surface area contributed by atoms with Crippen LogP contribution in [0.4, 0.5) is 0 Å². The number of amides is 2. The molecule has 2 rings (SSSR count). The summed E-state index contributed by atoms with van der Waals surface area (Å²) in [6.07, 6.45) is 5.28. The fraction of sp³-hybridized carbons (Fsp3) is 0.765. The highest BCUT2D eigenvalue weighted by Gasteiger charge is 2.52. The van der Waals surface area contributed by atoms with Gasteiger partial charge in [-0.15, -0.1) is 0 Å². The lowest BCUT2D eigenvalue weighted by molar-refractivity contribution is -0.146. The van der Waals surface area contributed by atoms with Crippen molar-refractivity contribution in [3.63, 3.8) is 0 Å². The molecule has 0 unspecified atom stereocenters. The van der Waals surface area contributed by atoms with E-state index in [-0.39, 0.29) is 35.5 Å². The van der Waals surface area contributed by atoms with E-state index in [2.05, 4.69) is 12.2 Å². The Labute approximate surface area is 128 Å². The number of hydrogen-bond acceptors (Lipinski definition) is 2. The summed E-state index contributed by atoms with van der Waals surface area (Å²) < 4.78 is 0. The van der Waals surface area contributed by atoms with Crippen LogP contribution in [0.5, 0.6) is 0 Å². The van der Waals surface area contributed by atoms with Crippen LogP contribution in [-0.2, 0) is 9.59 Å². The summed E-state index contributed by atoms with van der Waals surface area (Å²) in [6.45, 7) is 10.9. The normalized spacial score (nSPS) is 29.7. The third kappa shape index (κ3) is 2.72. The van der Waals surface area contributed by atoms with Gasteiger partial charge in [0.15, 0.2) is 0 Å². The quantitative estimate of drug-likeness (QED) is 0.704. The van der Waals surface area contributed by atoms with Crippen molar-refractivity contribution in [1.29, 1.82) is 0 Å². The first-order valence-electron chi connectivity index (χ1n) is 8.34. The maximum atomic E-state index is 12.8. The molecule has 4 atom stereocenters. The molecule has 21 heavy (non-hydrogen) atoms. The average molecular weight is 292 g/mol. The minimum absolute atomic E-state index is 0.145. The zero-order chi connectivity index (χ0) is 15.6. The highest BCUT2D eigenvalue weighted by Crippen LogP contribution is 2.49. The van der Waals surface area contributed by atoms with Crippen molar-refractivity contribution in [3.8, 4) is 0 Å². The minimum Gasteiger partial charge on any atom is -0.343 e. The summed E-state index contributed by atoms with van der Waals surface area (Å²) in [4.78, 5) is 29.4. The van der Waals surface area contributed by atoms with Gasteiger partial charge in [-0.1, -0.05) is 12.2 Å². The molecule has 0 saturated heterocycles. The SMILES string of the molecule is CCN(CC)C(=O)[C@H]1[C@H](C(=O)N(CC)CC)[C@H]2C=C[C@@H]1C2. The van der Waals surface area contributed by atoms with Crippen molar-refractivity contribution < 1.29 is 9.59 Å². The Bertz CT molecular complexity index is 387. The van der Waals surface area contributed by atoms with Crippen molar-refractivity contribution >= 4 is 11.8 Å². The molecule has 2 amide bonds. The van der Waals surface area contributed by atoms with E-state index in [0.717, 1.165) is 32.6 Å². The number of carbonyl (C=O) groups is 2. The standard InChI is InChI=1S/C17H28N2O2/c1-5-18(6-2)16(20)14-12-9-10-13(11-12)15(14)17(21)19(7-3)8-4/h9-10,12-15H,5-8,11H2,1-4H3/t12-,13+,14-,15-/m1/s1. The van der Waals surface area contributed by atoms with Crippen LogP contribution < -0.4 is 0 Å². The van der Waals surface area contributed by atoms with Gasteiger partial charge in [0, 0.05) is 26.2 Å². The molecule has 4 heteroatoms. The molecule has 0 aliphatic heterocycles. The molecule has 4 nitrogen and oxygen atoms in total. The number of allylic oxidation sites excluding steroid dienone is 2. The molecule has 1 fully saturated rings. The molecule has 0 aromatic rings. The lowest BCUT2D eigenvalue weighted by atomic mass is 9.81. The van der Waals surface area contributed by atoms with Gasteiger partial charge in [0.05, 0.1) is 11.8 Å². The summed E-state index contributed by atoms with van der Waals surface area (Å²) in [5.41, 5.74) is 0. The van der Waals surface area contributed by atoms with Crippen molar-refractivity contribution in [3.05, 3.63) is 12.2 Å². The van der Waals surface area contributed by atoms with Gasteiger partial charge in [-0.25, -0.2) is 0 Å². The molecule has 0 aromatic heterocycles. The summed E-state index contributed by atoms with van der Waals surface area (Å²) in [5, 5.41) is 0. The second-order valence-electron chi connectivity index (χ2n) is 6.02. The molecular weight excluding hydrogens is 264 g/mol. The zero-order valence-corrected chi connectivity index (χ0v) is 13.7. The Kier molecular flexibility index (Phi) is 5.07. The van der Waals surface area contributed by atoms with Crippen molar-refractivity contribution in [2.75, 3.05) is 26.2 Å². The monoisotopic (exact) mass is 292 g/mol. The Hall–Kier alpha value is -1.32.